The molecule has 104 valence electrons. The third-order valence-electron chi connectivity index (χ3n) is 2.81. The number of carbonyl (C=O) groups is 2. The summed E-state index contributed by atoms with van der Waals surface area (Å²) in [6.07, 6.45) is 2.28. The summed E-state index contributed by atoms with van der Waals surface area (Å²) in [4.78, 5) is 22.1. The van der Waals surface area contributed by atoms with Gasteiger partial charge in [0, 0.05) is 26.4 Å². The Bertz CT molecular complexity index is 413. The van der Waals surface area contributed by atoms with Crippen molar-refractivity contribution in [2.24, 2.45) is 0 Å². The van der Waals surface area contributed by atoms with Gasteiger partial charge in [-0.25, -0.2) is 0 Å². The minimum absolute atomic E-state index is 0.0393. The Morgan fingerprint density at radius 3 is 2.32 bits per heavy atom. The number of hydrogen-bond donors (Lipinski definition) is 2. The summed E-state index contributed by atoms with van der Waals surface area (Å²) in [5.74, 6) is -0.0360. The predicted molar refractivity (Wildman–Crippen MR) is 75.8 cm³/mol. The van der Waals surface area contributed by atoms with E-state index in [0.29, 0.717) is 19.5 Å². The molecule has 2 N–H and O–H groups in total. The topological polar surface area (TPSA) is 58.2 Å². The van der Waals surface area contributed by atoms with Crippen molar-refractivity contribution in [3.63, 3.8) is 0 Å². The number of amides is 2. The molecule has 0 bridgehead atoms. The van der Waals surface area contributed by atoms with Crippen molar-refractivity contribution in [1.29, 1.82) is 0 Å². The van der Waals surface area contributed by atoms with E-state index in [1.807, 2.05) is 0 Å². The molecule has 1 rings (SSSR count). The highest BCUT2D eigenvalue weighted by molar-refractivity contribution is 5.76. The largest absolute Gasteiger partial charge is 0.355 e. The van der Waals surface area contributed by atoms with Crippen LogP contribution in [0.1, 0.15) is 30.9 Å². The molecule has 0 atom stereocenters. The van der Waals surface area contributed by atoms with Gasteiger partial charge in [-0.2, -0.15) is 0 Å². The molecule has 0 saturated carbocycles. The van der Waals surface area contributed by atoms with Crippen molar-refractivity contribution in [3.8, 4) is 0 Å². The molecule has 0 unspecified atom stereocenters. The summed E-state index contributed by atoms with van der Waals surface area (Å²) >= 11 is 0. The molecule has 0 heterocycles. The highest BCUT2D eigenvalue weighted by atomic mass is 16.2. The van der Waals surface area contributed by atoms with Crippen LogP contribution in [-0.2, 0) is 16.0 Å². The predicted octanol–water partition coefficient (Wildman–Crippen LogP) is 1.57. The van der Waals surface area contributed by atoms with Crippen LogP contribution in [0.15, 0.2) is 24.3 Å². The van der Waals surface area contributed by atoms with Gasteiger partial charge in [0.25, 0.3) is 0 Å². The lowest BCUT2D eigenvalue weighted by Gasteiger charge is -2.06. The molecular formula is C15H22N2O2. The van der Waals surface area contributed by atoms with E-state index in [9.17, 15) is 9.59 Å². The fourth-order valence-electron chi connectivity index (χ4n) is 1.74. The molecule has 0 saturated heterocycles. The quantitative estimate of drug-likeness (QED) is 0.733. The normalized spacial score (nSPS) is 10.0. The zero-order chi connectivity index (χ0) is 14.1. The van der Waals surface area contributed by atoms with Gasteiger partial charge < -0.3 is 10.6 Å². The van der Waals surface area contributed by atoms with Gasteiger partial charge in [0.1, 0.15) is 0 Å². The molecule has 4 heteroatoms. The molecule has 0 fully saturated rings. The van der Waals surface area contributed by atoms with Crippen molar-refractivity contribution < 1.29 is 9.59 Å². The van der Waals surface area contributed by atoms with Gasteiger partial charge in [-0.3, -0.25) is 9.59 Å². The minimum atomic E-state index is -0.0754. The molecular weight excluding hydrogens is 240 g/mol. The summed E-state index contributed by atoms with van der Waals surface area (Å²) in [5.41, 5.74) is 2.51. The number of nitrogens with one attached hydrogen (secondary N) is 2. The van der Waals surface area contributed by atoms with Gasteiger partial charge in [-0.15, -0.1) is 0 Å². The monoisotopic (exact) mass is 262 g/mol. The van der Waals surface area contributed by atoms with E-state index < -0.39 is 0 Å². The molecule has 0 aliphatic rings. The number of carbonyl (C=O) groups excluding carboxylic acids is 2. The maximum atomic E-state index is 11.5. The first-order valence-electron chi connectivity index (χ1n) is 6.64. The lowest BCUT2D eigenvalue weighted by Crippen LogP contribution is -2.33. The highest BCUT2D eigenvalue weighted by Crippen LogP contribution is 2.06. The van der Waals surface area contributed by atoms with Gasteiger partial charge in [-0.1, -0.05) is 29.8 Å². The van der Waals surface area contributed by atoms with Crippen LogP contribution in [0, 0.1) is 6.92 Å². The van der Waals surface area contributed by atoms with Crippen molar-refractivity contribution in [2.75, 3.05) is 13.1 Å². The summed E-state index contributed by atoms with van der Waals surface area (Å²) < 4.78 is 0. The zero-order valence-electron chi connectivity index (χ0n) is 11.7. The zero-order valence-corrected chi connectivity index (χ0v) is 11.7. The van der Waals surface area contributed by atoms with Crippen molar-refractivity contribution in [3.05, 3.63) is 35.4 Å². The number of rotatable bonds is 7. The SMILES string of the molecule is CC(=O)NCCNC(=O)CCCc1ccc(C)cc1. The summed E-state index contributed by atoms with van der Waals surface area (Å²) in [7, 11) is 0. The summed E-state index contributed by atoms with van der Waals surface area (Å²) in [5, 5.41) is 5.41. The summed E-state index contributed by atoms with van der Waals surface area (Å²) in [6, 6.07) is 8.37. The van der Waals surface area contributed by atoms with Crippen LogP contribution in [0.4, 0.5) is 0 Å². The molecule has 0 aromatic heterocycles. The van der Waals surface area contributed by atoms with Crippen molar-refractivity contribution >= 4 is 11.8 Å². The maximum absolute atomic E-state index is 11.5. The van der Waals surface area contributed by atoms with Crippen molar-refractivity contribution in [2.45, 2.75) is 33.1 Å². The Labute approximate surface area is 114 Å². The van der Waals surface area contributed by atoms with E-state index >= 15 is 0 Å². The average molecular weight is 262 g/mol. The third kappa shape index (κ3) is 7.24. The Morgan fingerprint density at radius 1 is 1.05 bits per heavy atom. The summed E-state index contributed by atoms with van der Waals surface area (Å²) in [6.45, 7) is 4.50. The van der Waals surface area contributed by atoms with Crippen LogP contribution >= 0.6 is 0 Å². The first kappa shape index (κ1) is 15.2. The van der Waals surface area contributed by atoms with E-state index in [0.717, 1.165) is 12.8 Å². The van der Waals surface area contributed by atoms with Gasteiger partial charge in [0.05, 0.1) is 0 Å². The standard InChI is InChI=1S/C15H22N2O2/c1-12-6-8-14(9-7-12)4-3-5-15(19)17-11-10-16-13(2)18/h6-9H,3-5,10-11H2,1-2H3,(H,16,18)(H,17,19). The molecule has 19 heavy (non-hydrogen) atoms. The molecule has 2 amide bonds. The molecule has 1 aromatic rings. The van der Waals surface area contributed by atoms with E-state index in [2.05, 4.69) is 41.8 Å². The second kappa shape index (κ2) is 8.29. The van der Waals surface area contributed by atoms with E-state index in [4.69, 9.17) is 0 Å². The smallest absolute Gasteiger partial charge is 0.220 e. The maximum Gasteiger partial charge on any atom is 0.220 e. The fraction of sp³-hybridized carbons (Fsp3) is 0.467. The van der Waals surface area contributed by atoms with E-state index in [1.165, 1.54) is 18.1 Å². The molecule has 1 aromatic carbocycles. The fourth-order valence-corrected chi connectivity index (χ4v) is 1.74. The van der Waals surface area contributed by atoms with Gasteiger partial charge in [0.2, 0.25) is 11.8 Å². The number of hydrogen-bond acceptors (Lipinski definition) is 2. The minimum Gasteiger partial charge on any atom is -0.355 e. The molecule has 0 radical (unpaired) electrons. The van der Waals surface area contributed by atoms with Crippen LogP contribution in [0.2, 0.25) is 0 Å². The number of aryl methyl sites for hydroxylation is 2. The first-order chi connectivity index (χ1) is 9.08. The van der Waals surface area contributed by atoms with Gasteiger partial charge in [0.15, 0.2) is 0 Å². The molecule has 0 aliphatic heterocycles. The van der Waals surface area contributed by atoms with E-state index in [1.54, 1.807) is 0 Å². The van der Waals surface area contributed by atoms with Gasteiger partial charge >= 0.3 is 0 Å². The lowest BCUT2D eigenvalue weighted by molar-refractivity contribution is -0.122. The molecule has 0 spiro atoms. The molecule has 0 aliphatic carbocycles. The Balaban J connectivity index is 2.10. The van der Waals surface area contributed by atoms with Crippen LogP contribution in [0.5, 0.6) is 0 Å². The lowest BCUT2D eigenvalue weighted by atomic mass is 10.1. The second-order valence-corrected chi connectivity index (χ2v) is 4.67. The van der Waals surface area contributed by atoms with Crippen LogP contribution in [0.25, 0.3) is 0 Å². The van der Waals surface area contributed by atoms with Gasteiger partial charge in [-0.05, 0) is 25.3 Å². The Hall–Kier alpha value is -1.84. The van der Waals surface area contributed by atoms with Crippen molar-refractivity contribution in [1.82, 2.24) is 10.6 Å². The number of benzene rings is 1. The van der Waals surface area contributed by atoms with Crippen LogP contribution in [-0.4, -0.2) is 24.9 Å². The highest BCUT2D eigenvalue weighted by Gasteiger charge is 2.01. The average Bonchev–Trinajstić information content (AvgIpc) is 2.37. The van der Waals surface area contributed by atoms with Crippen LogP contribution in [0.3, 0.4) is 0 Å². The van der Waals surface area contributed by atoms with Crippen LogP contribution < -0.4 is 10.6 Å². The second-order valence-electron chi connectivity index (χ2n) is 4.67. The third-order valence-corrected chi connectivity index (χ3v) is 2.81. The Morgan fingerprint density at radius 2 is 1.68 bits per heavy atom. The van der Waals surface area contributed by atoms with E-state index in [-0.39, 0.29) is 11.8 Å². The molecule has 4 nitrogen and oxygen atoms in total. The Kier molecular flexibility index (Phi) is 6.64. The first-order valence-corrected chi connectivity index (χ1v) is 6.64.